The first-order chi connectivity index (χ1) is 6.51. The maximum atomic E-state index is 10.9. The van der Waals surface area contributed by atoms with E-state index in [1.54, 1.807) is 0 Å². The van der Waals surface area contributed by atoms with Crippen LogP contribution in [0.3, 0.4) is 0 Å². The van der Waals surface area contributed by atoms with Gasteiger partial charge < -0.3 is 4.79 Å². The molecule has 0 aliphatic carbocycles. The molecule has 76 valence electrons. The van der Waals surface area contributed by atoms with Gasteiger partial charge in [-0.15, -0.1) is 0 Å². The van der Waals surface area contributed by atoms with E-state index < -0.39 is 5.41 Å². The number of halogens is 1. The third kappa shape index (κ3) is 2.24. The van der Waals surface area contributed by atoms with E-state index in [1.165, 1.54) is 5.56 Å². The van der Waals surface area contributed by atoms with Crippen molar-refractivity contribution in [3.63, 3.8) is 0 Å². The van der Waals surface area contributed by atoms with Crippen LogP contribution < -0.4 is 0 Å². The quantitative estimate of drug-likeness (QED) is 0.755. The minimum Gasteiger partial charge on any atom is -0.302 e. The van der Waals surface area contributed by atoms with Crippen molar-refractivity contribution in [3.8, 4) is 0 Å². The summed E-state index contributed by atoms with van der Waals surface area (Å²) in [5, 5.41) is 0. The first-order valence-electron chi connectivity index (χ1n) is 4.76. The van der Waals surface area contributed by atoms with Crippen molar-refractivity contribution in [3.05, 3.63) is 33.8 Å². The van der Waals surface area contributed by atoms with Crippen LogP contribution in [0.5, 0.6) is 0 Å². The van der Waals surface area contributed by atoms with Crippen LogP contribution in [0.1, 0.15) is 31.9 Å². The Kier molecular flexibility index (Phi) is 3.48. The number of benzene rings is 1. The molecule has 2 heteroatoms. The Labute approximate surface area is 93.7 Å². The maximum absolute atomic E-state index is 10.9. The van der Waals surface area contributed by atoms with Crippen LogP contribution in [-0.4, -0.2) is 6.29 Å². The molecule has 1 aromatic rings. The third-order valence-electron chi connectivity index (χ3n) is 2.47. The zero-order chi connectivity index (χ0) is 10.8. The number of aldehydes is 1. The summed E-state index contributed by atoms with van der Waals surface area (Å²) in [6.07, 6.45) is 1.99. The van der Waals surface area contributed by atoms with Crippen molar-refractivity contribution in [1.82, 2.24) is 0 Å². The van der Waals surface area contributed by atoms with Crippen LogP contribution >= 0.6 is 15.9 Å². The highest BCUT2D eigenvalue weighted by Crippen LogP contribution is 2.26. The van der Waals surface area contributed by atoms with Crippen LogP contribution in [0.15, 0.2) is 22.7 Å². The molecule has 0 N–H and O–H groups in total. The standard InChI is InChI=1S/C12H15BrO/c1-4-9-5-6-10(7-11(9)13)12(2,3)8-14/h5-8H,4H2,1-3H3. The van der Waals surface area contributed by atoms with Crippen molar-refractivity contribution < 1.29 is 4.79 Å². The molecule has 0 aromatic heterocycles. The van der Waals surface area contributed by atoms with Crippen molar-refractivity contribution in [2.24, 2.45) is 0 Å². The summed E-state index contributed by atoms with van der Waals surface area (Å²) >= 11 is 3.51. The lowest BCUT2D eigenvalue weighted by Crippen LogP contribution is -2.18. The number of hydrogen-bond donors (Lipinski definition) is 0. The average molecular weight is 255 g/mol. The third-order valence-corrected chi connectivity index (χ3v) is 3.21. The van der Waals surface area contributed by atoms with Gasteiger partial charge in [0.25, 0.3) is 0 Å². The Morgan fingerprint density at radius 3 is 2.50 bits per heavy atom. The van der Waals surface area contributed by atoms with Crippen LogP contribution in [0.4, 0.5) is 0 Å². The predicted molar refractivity (Wildman–Crippen MR) is 62.6 cm³/mol. The molecule has 0 aliphatic rings. The van der Waals surface area contributed by atoms with Crippen LogP contribution in [0.25, 0.3) is 0 Å². The second-order valence-corrected chi connectivity index (χ2v) is 4.85. The van der Waals surface area contributed by atoms with E-state index in [-0.39, 0.29) is 0 Å². The van der Waals surface area contributed by atoms with Crippen LogP contribution in [0.2, 0.25) is 0 Å². The maximum Gasteiger partial charge on any atom is 0.129 e. The van der Waals surface area contributed by atoms with Crippen LogP contribution in [0, 0.1) is 0 Å². The number of rotatable bonds is 3. The van der Waals surface area contributed by atoms with E-state index >= 15 is 0 Å². The molecule has 0 amide bonds. The smallest absolute Gasteiger partial charge is 0.129 e. The molecular formula is C12H15BrO. The second-order valence-electron chi connectivity index (χ2n) is 4.00. The van der Waals surface area contributed by atoms with Crippen molar-refractivity contribution >= 4 is 22.2 Å². The van der Waals surface area contributed by atoms with Gasteiger partial charge in [-0.2, -0.15) is 0 Å². The fourth-order valence-electron chi connectivity index (χ4n) is 1.30. The molecule has 0 saturated carbocycles. The summed E-state index contributed by atoms with van der Waals surface area (Å²) in [5.41, 5.74) is 1.93. The topological polar surface area (TPSA) is 17.1 Å². The summed E-state index contributed by atoms with van der Waals surface area (Å²) < 4.78 is 1.09. The molecule has 0 aliphatic heterocycles. The Morgan fingerprint density at radius 1 is 1.43 bits per heavy atom. The molecule has 14 heavy (non-hydrogen) atoms. The van der Waals surface area contributed by atoms with E-state index in [0.29, 0.717) is 0 Å². The van der Waals surface area contributed by atoms with Gasteiger partial charge in [0.05, 0.1) is 0 Å². The first-order valence-corrected chi connectivity index (χ1v) is 5.56. The highest BCUT2D eigenvalue weighted by Gasteiger charge is 2.19. The number of carbonyl (C=O) groups is 1. The molecule has 0 fully saturated rings. The molecule has 0 heterocycles. The summed E-state index contributed by atoms with van der Waals surface area (Å²) in [4.78, 5) is 10.9. The van der Waals surface area contributed by atoms with Gasteiger partial charge in [0.2, 0.25) is 0 Å². The van der Waals surface area contributed by atoms with Gasteiger partial charge in [-0.1, -0.05) is 35.0 Å². The normalized spacial score (nSPS) is 11.4. The average Bonchev–Trinajstić information content (AvgIpc) is 2.17. The van der Waals surface area contributed by atoms with Crippen molar-refractivity contribution in [1.29, 1.82) is 0 Å². The summed E-state index contributed by atoms with van der Waals surface area (Å²) in [5.74, 6) is 0. The molecule has 0 bridgehead atoms. The summed E-state index contributed by atoms with van der Waals surface area (Å²) in [6, 6.07) is 6.13. The number of hydrogen-bond acceptors (Lipinski definition) is 1. The van der Waals surface area contributed by atoms with Gasteiger partial charge >= 0.3 is 0 Å². The lowest BCUT2D eigenvalue weighted by Gasteiger charge is -2.18. The van der Waals surface area contributed by atoms with E-state index in [9.17, 15) is 4.79 Å². The van der Waals surface area contributed by atoms with Gasteiger partial charge in [-0.25, -0.2) is 0 Å². The molecule has 0 radical (unpaired) electrons. The minimum absolute atomic E-state index is 0.394. The molecule has 1 aromatic carbocycles. The Morgan fingerprint density at radius 2 is 2.07 bits per heavy atom. The molecule has 0 unspecified atom stereocenters. The number of carbonyl (C=O) groups excluding carboxylic acids is 1. The van der Waals surface area contributed by atoms with Crippen molar-refractivity contribution in [2.45, 2.75) is 32.6 Å². The zero-order valence-corrected chi connectivity index (χ0v) is 10.4. The summed E-state index contributed by atoms with van der Waals surface area (Å²) in [7, 11) is 0. The molecule has 0 saturated heterocycles. The van der Waals surface area contributed by atoms with E-state index in [2.05, 4.69) is 28.9 Å². The SMILES string of the molecule is CCc1ccc(C(C)(C)C=O)cc1Br. The molecule has 1 rings (SSSR count). The van der Waals surface area contributed by atoms with Gasteiger partial charge in [0.15, 0.2) is 0 Å². The highest BCUT2D eigenvalue weighted by molar-refractivity contribution is 9.10. The van der Waals surface area contributed by atoms with Gasteiger partial charge in [0, 0.05) is 9.89 Å². The van der Waals surface area contributed by atoms with Gasteiger partial charge in [0.1, 0.15) is 6.29 Å². The lowest BCUT2D eigenvalue weighted by atomic mass is 9.86. The predicted octanol–water partition coefficient (Wildman–Crippen LogP) is 3.49. The molecule has 0 atom stereocenters. The molecular weight excluding hydrogens is 240 g/mol. The number of aryl methyl sites for hydroxylation is 1. The van der Waals surface area contributed by atoms with Gasteiger partial charge in [-0.05, 0) is 37.5 Å². The summed E-state index contributed by atoms with van der Waals surface area (Å²) in [6.45, 7) is 5.96. The Bertz CT molecular complexity index is 342. The van der Waals surface area contributed by atoms with E-state index in [1.807, 2.05) is 26.0 Å². The largest absolute Gasteiger partial charge is 0.302 e. The Balaban J connectivity index is 3.15. The van der Waals surface area contributed by atoms with Gasteiger partial charge in [-0.3, -0.25) is 0 Å². The highest BCUT2D eigenvalue weighted by atomic mass is 79.9. The second kappa shape index (κ2) is 4.26. The Hall–Kier alpha value is -0.630. The molecule has 0 spiro atoms. The van der Waals surface area contributed by atoms with Crippen molar-refractivity contribution in [2.75, 3.05) is 0 Å². The monoisotopic (exact) mass is 254 g/mol. The molecule has 1 nitrogen and oxygen atoms in total. The lowest BCUT2D eigenvalue weighted by molar-refractivity contribution is -0.111. The van der Waals surface area contributed by atoms with E-state index in [4.69, 9.17) is 0 Å². The van der Waals surface area contributed by atoms with Crippen LogP contribution in [-0.2, 0) is 16.6 Å². The first kappa shape index (κ1) is 11.4. The van der Waals surface area contributed by atoms with E-state index in [0.717, 1.165) is 22.7 Å². The fourth-order valence-corrected chi connectivity index (χ4v) is 1.96. The minimum atomic E-state index is -0.394. The fraction of sp³-hybridized carbons (Fsp3) is 0.417. The zero-order valence-electron chi connectivity index (χ0n) is 8.80.